The molecular weight excluding hydrogens is 545 g/mol. The van der Waals surface area contributed by atoms with E-state index in [4.69, 9.17) is 31.0 Å². The van der Waals surface area contributed by atoms with Crippen LogP contribution in [-0.2, 0) is 11.2 Å². The third-order valence-electron chi connectivity index (χ3n) is 6.41. The van der Waals surface area contributed by atoms with Crippen LogP contribution in [0.15, 0.2) is 36.4 Å². The number of fused-ring (bicyclic) bond motifs is 1. The fraction of sp³-hybridized carbons (Fsp3) is 0.462. The lowest BCUT2D eigenvalue weighted by Gasteiger charge is -2.41. The average molecular weight is 575 g/mol. The van der Waals surface area contributed by atoms with Gasteiger partial charge in [-0.15, -0.1) is 0 Å². The molecule has 0 saturated carbocycles. The number of halogens is 4. The van der Waals surface area contributed by atoms with E-state index in [9.17, 15) is 28.2 Å². The maximum absolute atomic E-state index is 12.0. The number of hydrogen-bond acceptors (Lipinski definition) is 7. The molecule has 1 atom stereocenters. The molecular formula is C26H30ClF3N2O7. The summed E-state index contributed by atoms with van der Waals surface area (Å²) in [7, 11) is 1.53. The van der Waals surface area contributed by atoms with Gasteiger partial charge in [-0.2, -0.15) is 13.2 Å². The van der Waals surface area contributed by atoms with Crippen molar-refractivity contribution in [2.45, 2.75) is 43.6 Å². The third-order valence-corrected chi connectivity index (χ3v) is 6.65. The van der Waals surface area contributed by atoms with E-state index in [-0.39, 0.29) is 29.6 Å². The average Bonchev–Trinajstić information content (AvgIpc) is 3.20. The highest BCUT2D eigenvalue weighted by molar-refractivity contribution is 6.30. The maximum atomic E-state index is 12.0. The number of ether oxygens (including phenoxy) is 2. The zero-order valence-corrected chi connectivity index (χ0v) is 22.1. The van der Waals surface area contributed by atoms with E-state index in [1.54, 1.807) is 6.92 Å². The zero-order valence-electron chi connectivity index (χ0n) is 21.3. The van der Waals surface area contributed by atoms with Crippen molar-refractivity contribution >= 4 is 23.5 Å². The molecule has 4 rings (SSSR count). The molecule has 1 fully saturated rings. The number of phenols is 1. The molecule has 2 aliphatic rings. The van der Waals surface area contributed by atoms with Gasteiger partial charge in [0.25, 0.3) is 5.91 Å². The number of carboxylic acids is 1. The summed E-state index contributed by atoms with van der Waals surface area (Å²) >= 11 is 6.12. The standard InChI is InChI=1S/C24H29ClN2O5.C2HF3O2/c1-23(30,15-31-21-12-18(28)4-5-19(21)22(29)26-2)14-27-9-7-24(8-10-27)13-16-11-17(25)3-6-20(16)32-24;3-2(4,5)1(6)7/h3-6,11-12,28,30H,7-10,13-15H2,1-2H3,(H,26,29);(H,6,7). The van der Waals surface area contributed by atoms with Gasteiger partial charge >= 0.3 is 12.1 Å². The molecule has 13 heteroatoms. The number of phenolic OH excluding ortho intramolecular Hbond substituents is 1. The Kier molecular flexibility index (Phi) is 9.24. The van der Waals surface area contributed by atoms with Gasteiger partial charge in [0.15, 0.2) is 0 Å². The van der Waals surface area contributed by atoms with Crippen LogP contribution in [0.3, 0.4) is 0 Å². The van der Waals surface area contributed by atoms with Gasteiger partial charge in [-0.05, 0) is 42.8 Å². The Hall–Kier alpha value is -3.22. The van der Waals surface area contributed by atoms with Crippen LogP contribution >= 0.6 is 11.6 Å². The number of hydrogen-bond donors (Lipinski definition) is 4. The zero-order chi connectivity index (χ0) is 29.0. The molecule has 0 bridgehead atoms. The van der Waals surface area contributed by atoms with Crippen LogP contribution in [-0.4, -0.2) is 82.8 Å². The van der Waals surface area contributed by atoms with Gasteiger partial charge in [-0.3, -0.25) is 4.79 Å². The number of aromatic hydroxyl groups is 1. The van der Waals surface area contributed by atoms with Gasteiger partial charge in [-0.25, -0.2) is 4.79 Å². The van der Waals surface area contributed by atoms with Crippen molar-refractivity contribution in [2.24, 2.45) is 0 Å². The summed E-state index contributed by atoms with van der Waals surface area (Å²) in [6, 6.07) is 10.1. The number of alkyl halides is 3. The lowest BCUT2D eigenvalue weighted by Crippen LogP contribution is -2.52. The minimum absolute atomic E-state index is 0.00697. The lowest BCUT2D eigenvalue weighted by atomic mass is 9.86. The van der Waals surface area contributed by atoms with Crippen molar-refractivity contribution in [3.63, 3.8) is 0 Å². The second-order valence-electron chi connectivity index (χ2n) is 9.84. The molecule has 1 saturated heterocycles. The molecule has 1 spiro atoms. The highest BCUT2D eigenvalue weighted by Gasteiger charge is 2.43. The lowest BCUT2D eigenvalue weighted by molar-refractivity contribution is -0.192. The number of β-amino-alcohol motifs (C(OH)–C–C–N with tert-alkyl or cyclic N) is 1. The molecule has 2 aromatic carbocycles. The summed E-state index contributed by atoms with van der Waals surface area (Å²) < 4.78 is 43.8. The topological polar surface area (TPSA) is 129 Å². The van der Waals surface area contributed by atoms with Crippen molar-refractivity contribution in [1.29, 1.82) is 0 Å². The molecule has 39 heavy (non-hydrogen) atoms. The normalized spacial score (nSPS) is 17.7. The molecule has 4 N–H and O–H groups in total. The number of amides is 1. The molecule has 0 aliphatic carbocycles. The van der Waals surface area contributed by atoms with Crippen LogP contribution in [0.25, 0.3) is 0 Å². The Bertz CT molecular complexity index is 1200. The number of nitrogens with zero attached hydrogens (tertiary/aromatic N) is 1. The summed E-state index contributed by atoms with van der Waals surface area (Å²) in [4.78, 5) is 23.1. The SMILES string of the molecule is CNC(=O)c1ccc(O)cc1OCC(C)(O)CN1CCC2(CC1)Cc1cc(Cl)ccc1O2.O=C(O)C(F)(F)F. The molecule has 9 nitrogen and oxygen atoms in total. The van der Waals surface area contributed by atoms with Crippen molar-refractivity contribution in [2.75, 3.05) is 33.3 Å². The number of rotatable bonds is 6. The second kappa shape index (κ2) is 11.9. The molecule has 0 aromatic heterocycles. The first-order chi connectivity index (χ1) is 18.1. The number of carbonyl (C=O) groups excluding carboxylic acids is 1. The summed E-state index contributed by atoms with van der Waals surface area (Å²) in [5.74, 6) is -1.93. The molecule has 2 heterocycles. The van der Waals surface area contributed by atoms with Gasteiger partial charge < -0.3 is 35.0 Å². The minimum atomic E-state index is -5.08. The van der Waals surface area contributed by atoms with Gasteiger partial charge in [-0.1, -0.05) is 11.6 Å². The van der Waals surface area contributed by atoms with E-state index in [0.717, 1.165) is 48.7 Å². The van der Waals surface area contributed by atoms with Crippen LogP contribution < -0.4 is 14.8 Å². The molecule has 1 unspecified atom stereocenters. The highest BCUT2D eigenvalue weighted by Crippen LogP contribution is 2.42. The first-order valence-electron chi connectivity index (χ1n) is 12.0. The Morgan fingerprint density at radius 3 is 2.41 bits per heavy atom. The summed E-state index contributed by atoms with van der Waals surface area (Å²) in [6.07, 6.45) is -2.50. The summed E-state index contributed by atoms with van der Waals surface area (Å²) in [5.41, 5.74) is 0.127. The number of aliphatic carboxylic acids is 1. The first kappa shape index (κ1) is 30.3. The van der Waals surface area contributed by atoms with Crippen molar-refractivity contribution < 1.29 is 47.6 Å². The molecule has 2 aromatic rings. The van der Waals surface area contributed by atoms with E-state index < -0.39 is 17.7 Å². The van der Waals surface area contributed by atoms with E-state index in [2.05, 4.69) is 10.2 Å². The molecule has 1 amide bonds. The second-order valence-corrected chi connectivity index (χ2v) is 10.3. The number of aliphatic hydroxyl groups is 1. The van der Waals surface area contributed by atoms with Crippen LogP contribution in [0.2, 0.25) is 5.02 Å². The molecule has 2 aliphatic heterocycles. The van der Waals surface area contributed by atoms with Crippen LogP contribution in [0.4, 0.5) is 13.2 Å². The predicted molar refractivity (Wildman–Crippen MR) is 135 cm³/mol. The van der Waals surface area contributed by atoms with E-state index in [1.807, 2.05) is 18.2 Å². The minimum Gasteiger partial charge on any atom is -0.508 e. The van der Waals surface area contributed by atoms with Crippen molar-refractivity contribution in [3.8, 4) is 17.2 Å². The maximum Gasteiger partial charge on any atom is 0.490 e. The molecule has 0 radical (unpaired) electrons. The van der Waals surface area contributed by atoms with Crippen molar-refractivity contribution in [3.05, 3.63) is 52.5 Å². The Morgan fingerprint density at radius 2 is 1.82 bits per heavy atom. The van der Waals surface area contributed by atoms with E-state index in [1.165, 1.54) is 25.2 Å². The van der Waals surface area contributed by atoms with Crippen LogP contribution in [0, 0.1) is 0 Å². The largest absolute Gasteiger partial charge is 0.508 e. The predicted octanol–water partition coefficient (Wildman–Crippen LogP) is 3.64. The van der Waals surface area contributed by atoms with Gasteiger partial charge in [0.1, 0.15) is 35.1 Å². The van der Waals surface area contributed by atoms with Crippen molar-refractivity contribution in [1.82, 2.24) is 10.2 Å². The van der Waals surface area contributed by atoms with Gasteiger partial charge in [0.2, 0.25) is 0 Å². The summed E-state index contributed by atoms with van der Waals surface area (Å²) in [5, 5.41) is 31.1. The number of piperidine rings is 1. The molecule has 214 valence electrons. The number of nitrogens with one attached hydrogen (secondary N) is 1. The Labute approximate surface area is 228 Å². The third kappa shape index (κ3) is 8.13. The Balaban J connectivity index is 0.000000532. The van der Waals surface area contributed by atoms with Crippen LogP contribution in [0.5, 0.6) is 17.2 Å². The van der Waals surface area contributed by atoms with E-state index >= 15 is 0 Å². The smallest absolute Gasteiger partial charge is 0.490 e. The number of likely N-dealkylation sites (tertiary alicyclic amines) is 1. The van der Waals surface area contributed by atoms with E-state index in [0.29, 0.717) is 12.1 Å². The van der Waals surface area contributed by atoms with Gasteiger partial charge in [0.05, 0.1) is 5.56 Å². The highest BCUT2D eigenvalue weighted by atomic mass is 35.5. The number of benzene rings is 2. The fourth-order valence-electron chi connectivity index (χ4n) is 4.51. The quantitative estimate of drug-likeness (QED) is 0.412. The Morgan fingerprint density at radius 1 is 1.18 bits per heavy atom. The monoisotopic (exact) mass is 574 g/mol. The summed E-state index contributed by atoms with van der Waals surface area (Å²) in [6.45, 7) is 3.73. The number of carboxylic acid groups (broad SMARTS) is 1. The van der Waals surface area contributed by atoms with Gasteiger partial charge in [0, 0.05) is 57.0 Å². The fourth-order valence-corrected chi connectivity index (χ4v) is 4.71. The first-order valence-corrected chi connectivity index (χ1v) is 12.4. The number of carbonyl (C=O) groups is 2. The van der Waals surface area contributed by atoms with Crippen LogP contribution in [0.1, 0.15) is 35.7 Å².